The first-order valence-electron chi connectivity index (χ1n) is 7.43. The predicted octanol–water partition coefficient (Wildman–Crippen LogP) is 5.62. The Balaban J connectivity index is 2.05. The monoisotopic (exact) mass is 256 g/mol. The van der Waals surface area contributed by atoms with Crippen LogP contribution < -0.4 is 0 Å². The standard InChI is InChI=1S/C18H24O/c1-3-4-5-6-7-14(2)15-8-9-17-13-18(19)11-10-16(17)12-15/h8-14,19H,3-7H2,1-2H3. The van der Waals surface area contributed by atoms with Gasteiger partial charge in [-0.15, -0.1) is 0 Å². The summed E-state index contributed by atoms with van der Waals surface area (Å²) in [6.07, 6.45) is 6.59. The Hall–Kier alpha value is -1.50. The average Bonchev–Trinajstić information content (AvgIpc) is 2.42. The van der Waals surface area contributed by atoms with E-state index in [2.05, 4.69) is 32.0 Å². The summed E-state index contributed by atoms with van der Waals surface area (Å²) in [5.41, 5.74) is 1.41. The molecule has 1 heteroatoms. The van der Waals surface area contributed by atoms with Gasteiger partial charge in [0.2, 0.25) is 0 Å². The van der Waals surface area contributed by atoms with Crippen LogP contribution in [-0.2, 0) is 0 Å². The van der Waals surface area contributed by atoms with Crippen molar-refractivity contribution in [2.45, 2.75) is 51.9 Å². The molecule has 1 N–H and O–H groups in total. The maximum atomic E-state index is 9.48. The largest absolute Gasteiger partial charge is 0.508 e. The van der Waals surface area contributed by atoms with Crippen molar-refractivity contribution < 1.29 is 5.11 Å². The van der Waals surface area contributed by atoms with Gasteiger partial charge < -0.3 is 5.11 Å². The van der Waals surface area contributed by atoms with E-state index in [0.717, 1.165) is 5.39 Å². The molecule has 102 valence electrons. The molecule has 1 unspecified atom stereocenters. The summed E-state index contributed by atoms with van der Waals surface area (Å²) in [6.45, 7) is 4.57. The molecule has 0 fully saturated rings. The molecule has 2 aromatic rings. The summed E-state index contributed by atoms with van der Waals surface area (Å²) in [4.78, 5) is 0. The molecule has 0 radical (unpaired) electrons. The molecule has 1 nitrogen and oxygen atoms in total. The van der Waals surface area contributed by atoms with Crippen LogP contribution in [0, 0.1) is 0 Å². The normalized spacial score (nSPS) is 12.7. The molecule has 0 heterocycles. The smallest absolute Gasteiger partial charge is 0.116 e. The van der Waals surface area contributed by atoms with Crippen molar-refractivity contribution in [3.63, 3.8) is 0 Å². The third-order valence-corrected chi connectivity index (χ3v) is 3.91. The summed E-state index contributed by atoms with van der Waals surface area (Å²) in [5, 5.41) is 11.8. The van der Waals surface area contributed by atoms with Gasteiger partial charge in [0.15, 0.2) is 0 Å². The number of phenolic OH excluding ortho intramolecular Hbond substituents is 1. The van der Waals surface area contributed by atoms with Crippen LogP contribution in [0.4, 0.5) is 0 Å². The van der Waals surface area contributed by atoms with Gasteiger partial charge in [-0.3, -0.25) is 0 Å². The fraction of sp³-hybridized carbons (Fsp3) is 0.444. The van der Waals surface area contributed by atoms with Crippen molar-refractivity contribution in [2.24, 2.45) is 0 Å². The predicted molar refractivity (Wildman–Crippen MR) is 82.8 cm³/mol. The Morgan fingerprint density at radius 2 is 1.68 bits per heavy atom. The molecule has 1 atom stereocenters. The lowest BCUT2D eigenvalue weighted by atomic mass is 9.93. The lowest BCUT2D eigenvalue weighted by Crippen LogP contribution is -1.93. The van der Waals surface area contributed by atoms with E-state index in [1.807, 2.05) is 12.1 Å². The van der Waals surface area contributed by atoms with Crippen LogP contribution in [0.1, 0.15) is 57.4 Å². The highest BCUT2D eigenvalue weighted by molar-refractivity contribution is 5.84. The minimum Gasteiger partial charge on any atom is -0.508 e. The molecule has 2 rings (SSSR count). The van der Waals surface area contributed by atoms with E-state index in [-0.39, 0.29) is 0 Å². The number of unbranched alkanes of at least 4 members (excludes halogenated alkanes) is 3. The zero-order valence-electron chi connectivity index (χ0n) is 12.0. The van der Waals surface area contributed by atoms with E-state index in [4.69, 9.17) is 0 Å². The molecular weight excluding hydrogens is 232 g/mol. The van der Waals surface area contributed by atoms with Gasteiger partial charge in [-0.25, -0.2) is 0 Å². The number of aromatic hydroxyl groups is 1. The molecule has 0 saturated heterocycles. The first-order chi connectivity index (χ1) is 9.20. The zero-order chi connectivity index (χ0) is 13.7. The zero-order valence-corrected chi connectivity index (χ0v) is 12.0. The van der Waals surface area contributed by atoms with Crippen molar-refractivity contribution in [1.29, 1.82) is 0 Å². The quantitative estimate of drug-likeness (QED) is 0.665. The van der Waals surface area contributed by atoms with Crippen LogP contribution in [-0.4, -0.2) is 5.11 Å². The molecule has 0 saturated carbocycles. The highest BCUT2D eigenvalue weighted by Crippen LogP contribution is 2.27. The fourth-order valence-corrected chi connectivity index (χ4v) is 2.60. The molecule has 0 aromatic heterocycles. The molecular formula is C18H24O. The Kier molecular flexibility index (Phi) is 4.84. The SMILES string of the molecule is CCCCCCC(C)c1ccc2cc(O)ccc2c1. The summed E-state index contributed by atoms with van der Waals surface area (Å²) in [5.74, 6) is 0.961. The molecule has 0 amide bonds. The Labute approximate surface area is 116 Å². The maximum absolute atomic E-state index is 9.48. The Morgan fingerprint density at radius 3 is 2.47 bits per heavy atom. The highest BCUT2D eigenvalue weighted by Gasteiger charge is 2.06. The van der Waals surface area contributed by atoms with Crippen LogP contribution in [0.25, 0.3) is 10.8 Å². The third-order valence-electron chi connectivity index (χ3n) is 3.91. The Morgan fingerprint density at radius 1 is 0.947 bits per heavy atom. The van der Waals surface area contributed by atoms with Crippen molar-refractivity contribution in [3.05, 3.63) is 42.0 Å². The molecule has 0 spiro atoms. The van der Waals surface area contributed by atoms with Crippen molar-refractivity contribution in [2.75, 3.05) is 0 Å². The van der Waals surface area contributed by atoms with Gasteiger partial charge in [0, 0.05) is 0 Å². The van der Waals surface area contributed by atoms with Crippen LogP contribution in [0.2, 0.25) is 0 Å². The second-order valence-corrected chi connectivity index (χ2v) is 5.54. The van der Waals surface area contributed by atoms with Crippen molar-refractivity contribution in [1.82, 2.24) is 0 Å². The summed E-state index contributed by atoms with van der Waals surface area (Å²) < 4.78 is 0. The minimum atomic E-state index is 0.341. The Bertz CT molecular complexity index is 530. The van der Waals surface area contributed by atoms with Crippen LogP contribution in [0.5, 0.6) is 5.75 Å². The van der Waals surface area contributed by atoms with Gasteiger partial charge in [-0.2, -0.15) is 0 Å². The summed E-state index contributed by atoms with van der Waals surface area (Å²) >= 11 is 0. The summed E-state index contributed by atoms with van der Waals surface area (Å²) in [6, 6.07) is 12.2. The first-order valence-corrected chi connectivity index (χ1v) is 7.43. The topological polar surface area (TPSA) is 20.2 Å². The highest BCUT2D eigenvalue weighted by atomic mass is 16.3. The van der Waals surface area contributed by atoms with Crippen LogP contribution >= 0.6 is 0 Å². The molecule has 0 aliphatic heterocycles. The van der Waals surface area contributed by atoms with E-state index in [9.17, 15) is 5.11 Å². The molecule has 0 aliphatic carbocycles. The fourth-order valence-electron chi connectivity index (χ4n) is 2.60. The van der Waals surface area contributed by atoms with E-state index in [0.29, 0.717) is 11.7 Å². The van der Waals surface area contributed by atoms with Gasteiger partial charge in [-0.05, 0) is 40.8 Å². The van der Waals surface area contributed by atoms with Crippen molar-refractivity contribution >= 4 is 10.8 Å². The van der Waals surface area contributed by atoms with Crippen LogP contribution in [0.3, 0.4) is 0 Å². The van der Waals surface area contributed by atoms with Crippen molar-refractivity contribution in [3.8, 4) is 5.75 Å². The minimum absolute atomic E-state index is 0.341. The molecule has 0 bridgehead atoms. The third kappa shape index (κ3) is 3.73. The maximum Gasteiger partial charge on any atom is 0.116 e. The first kappa shape index (κ1) is 13.9. The van der Waals surface area contributed by atoms with E-state index in [1.165, 1.54) is 43.1 Å². The second-order valence-electron chi connectivity index (χ2n) is 5.54. The number of benzene rings is 2. The van der Waals surface area contributed by atoms with Gasteiger partial charge in [-0.1, -0.05) is 63.8 Å². The number of fused-ring (bicyclic) bond motifs is 1. The number of hydrogen-bond donors (Lipinski definition) is 1. The summed E-state index contributed by atoms with van der Waals surface area (Å²) in [7, 11) is 0. The number of phenols is 1. The van der Waals surface area contributed by atoms with Gasteiger partial charge in [0.25, 0.3) is 0 Å². The van der Waals surface area contributed by atoms with Gasteiger partial charge in [0.1, 0.15) is 5.75 Å². The number of rotatable bonds is 6. The van der Waals surface area contributed by atoms with E-state index < -0.39 is 0 Å². The molecule has 0 aliphatic rings. The second kappa shape index (κ2) is 6.60. The lowest BCUT2D eigenvalue weighted by Gasteiger charge is -2.12. The number of hydrogen-bond acceptors (Lipinski definition) is 1. The van der Waals surface area contributed by atoms with Gasteiger partial charge >= 0.3 is 0 Å². The van der Waals surface area contributed by atoms with E-state index >= 15 is 0 Å². The lowest BCUT2D eigenvalue weighted by molar-refractivity contribution is 0.476. The van der Waals surface area contributed by atoms with E-state index in [1.54, 1.807) is 6.07 Å². The van der Waals surface area contributed by atoms with Gasteiger partial charge in [0.05, 0.1) is 0 Å². The average molecular weight is 256 g/mol. The molecule has 19 heavy (non-hydrogen) atoms. The van der Waals surface area contributed by atoms with Crippen LogP contribution in [0.15, 0.2) is 36.4 Å². The molecule has 2 aromatic carbocycles.